The molecule has 3 aromatic rings. The number of fused-ring (bicyclic) bond motifs is 1. The fourth-order valence-electron chi connectivity index (χ4n) is 3.67. The molecule has 0 spiro atoms. The summed E-state index contributed by atoms with van der Waals surface area (Å²) in [7, 11) is 0. The van der Waals surface area contributed by atoms with E-state index < -0.39 is 0 Å². The van der Waals surface area contributed by atoms with E-state index in [9.17, 15) is 0 Å². The van der Waals surface area contributed by atoms with Gasteiger partial charge in [-0.1, -0.05) is 29.8 Å². The van der Waals surface area contributed by atoms with Gasteiger partial charge in [0.25, 0.3) is 0 Å². The number of hydrogen-bond acceptors (Lipinski definition) is 4. The van der Waals surface area contributed by atoms with Crippen LogP contribution in [0.2, 0.25) is 5.02 Å². The van der Waals surface area contributed by atoms with Crippen molar-refractivity contribution in [3.05, 3.63) is 58.9 Å². The minimum atomic E-state index is 0.270. The van der Waals surface area contributed by atoms with Crippen LogP contribution in [0.25, 0.3) is 11.0 Å². The van der Waals surface area contributed by atoms with Crippen molar-refractivity contribution >= 4 is 22.6 Å². The summed E-state index contributed by atoms with van der Waals surface area (Å²) in [5.74, 6) is 0. The van der Waals surface area contributed by atoms with E-state index in [1.165, 1.54) is 11.1 Å². The molecule has 0 bridgehead atoms. The van der Waals surface area contributed by atoms with Gasteiger partial charge in [0, 0.05) is 54.9 Å². The lowest BCUT2D eigenvalue weighted by Gasteiger charge is -2.37. The monoisotopic (exact) mass is 369 g/mol. The number of pyridine rings is 1. The Bertz CT molecular complexity index is 904. The van der Waals surface area contributed by atoms with Crippen molar-refractivity contribution in [2.24, 2.45) is 0 Å². The number of nitrogens with one attached hydrogen (secondary N) is 1. The second-order valence-corrected chi connectivity index (χ2v) is 7.56. The van der Waals surface area contributed by atoms with Crippen LogP contribution in [-0.2, 0) is 6.54 Å². The summed E-state index contributed by atoms with van der Waals surface area (Å²) >= 11 is 6.46. The van der Waals surface area contributed by atoms with Gasteiger partial charge < -0.3 is 5.32 Å². The predicted molar refractivity (Wildman–Crippen MR) is 105 cm³/mol. The van der Waals surface area contributed by atoms with Gasteiger partial charge in [-0.3, -0.25) is 4.90 Å². The molecule has 4 rings (SSSR count). The van der Waals surface area contributed by atoms with Gasteiger partial charge >= 0.3 is 0 Å². The van der Waals surface area contributed by atoms with Crippen LogP contribution in [-0.4, -0.2) is 39.3 Å². The largest absolute Gasteiger partial charge is 0.314 e. The van der Waals surface area contributed by atoms with E-state index in [2.05, 4.69) is 52.3 Å². The first kappa shape index (κ1) is 17.5. The Balaban J connectivity index is 1.60. The maximum atomic E-state index is 6.46. The average molecular weight is 370 g/mol. The molecule has 0 radical (unpaired) electrons. The van der Waals surface area contributed by atoms with Gasteiger partial charge in [-0.2, -0.15) is 5.10 Å². The van der Waals surface area contributed by atoms with Crippen LogP contribution in [0.5, 0.6) is 0 Å². The zero-order chi connectivity index (χ0) is 18.1. The summed E-state index contributed by atoms with van der Waals surface area (Å²) < 4.78 is 1.97. The third kappa shape index (κ3) is 3.34. The Morgan fingerprint density at radius 1 is 1.27 bits per heavy atom. The molecular weight excluding hydrogens is 346 g/mol. The summed E-state index contributed by atoms with van der Waals surface area (Å²) in [6.07, 6.45) is 3.89. The molecule has 1 aliphatic heterocycles. The zero-order valence-electron chi connectivity index (χ0n) is 15.2. The van der Waals surface area contributed by atoms with Crippen LogP contribution in [0.15, 0.2) is 42.7 Å². The van der Waals surface area contributed by atoms with Gasteiger partial charge in [0.2, 0.25) is 0 Å². The first-order chi connectivity index (χ1) is 12.6. The Morgan fingerprint density at radius 3 is 2.92 bits per heavy atom. The molecule has 1 aliphatic rings. The number of rotatable bonds is 4. The van der Waals surface area contributed by atoms with Crippen LogP contribution >= 0.6 is 11.6 Å². The molecule has 3 heterocycles. The lowest BCUT2D eigenvalue weighted by Crippen LogP contribution is -2.45. The number of hydrogen-bond donors (Lipinski definition) is 1. The molecule has 1 unspecified atom stereocenters. The molecule has 5 nitrogen and oxygen atoms in total. The lowest BCUT2D eigenvalue weighted by atomic mass is 10.0. The average Bonchev–Trinajstić information content (AvgIpc) is 3.06. The summed E-state index contributed by atoms with van der Waals surface area (Å²) in [5.41, 5.74) is 3.34. The minimum Gasteiger partial charge on any atom is -0.314 e. The molecule has 0 aliphatic carbocycles. The van der Waals surface area contributed by atoms with Gasteiger partial charge in [-0.15, -0.1) is 0 Å². The van der Waals surface area contributed by atoms with E-state index in [1.807, 2.05) is 29.2 Å². The third-order valence-electron chi connectivity index (χ3n) is 4.98. The first-order valence-electron chi connectivity index (χ1n) is 9.15. The fraction of sp³-hybridized carbons (Fsp3) is 0.400. The topological polar surface area (TPSA) is 46.0 Å². The van der Waals surface area contributed by atoms with Crippen molar-refractivity contribution in [3.8, 4) is 0 Å². The zero-order valence-corrected chi connectivity index (χ0v) is 15.9. The summed E-state index contributed by atoms with van der Waals surface area (Å²) in [6.45, 7) is 7.98. The van der Waals surface area contributed by atoms with Gasteiger partial charge in [0.1, 0.15) is 0 Å². The van der Waals surface area contributed by atoms with E-state index in [0.717, 1.165) is 42.2 Å². The molecule has 0 saturated carbocycles. The van der Waals surface area contributed by atoms with Gasteiger partial charge in [0.05, 0.1) is 6.20 Å². The Hall–Kier alpha value is -1.95. The Labute approximate surface area is 159 Å². The minimum absolute atomic E-state index is 0.270. The molecule has 1 saturated heterocycles. The Morgan fingerprint density at radius 2 is 2.12 bits per heavy atom. The molecule has 2 aromatic heterocycles. The van der Waals surface area contributed by atoms with Crippen molar-refractivity contribution in [2.75, 3.05) is 19.6 Å². The van der Waals surface area contributed by atoms with Crippen LogP contribution in [0.3, 0.4) is 0 Å². The molecule has 0 amide bonds. The van der Waals surface area contributed by atoms with Gasteiger partial charge in [0.15, 0.2) is 5.65 Å². The number of aromatic nitrogens is 3. The van der Waals surface area contributed by atoms with E-state index >= 15 is 0 Å². The highest BCUT2D eigenvalue weighted by Gasteiger charge is 2.25. The van der Waals surface area contributed by atoms with E-state index in [-0.39, 0.29) is 6.04 Å². The second kappa shape index (κ2) is 7.35. The first-order valence-corrected chi connectivity index (χ1v) is 9.52. The van der Waals surface area contributed by atoms with Crippen LogP contribution in [0.1, 0.15) is 37.1 Å². The third-order valence-corrected chi connectivity index (χ3v) is 5.33. The quantitative estimate of drug-likeness (QED) is 0.759. The van der Waals surface area contributed by atoms with E-state index in [0.29, 0.717) is 6.04 Å². The molecule has 1 fully saturated rings. The Kier molecular flexibility index (Phi) is 4.94. The second-order valence-electron chi connectivity index (χ2n) is 7.15. The summed E-state index contributed by atoms with van der Waals surface area (Å²) in [4.78, 5) is 7.15. The molecule has 1 atom stereocenters. The maximum Gasteiger partial charge on any atom is 0.157 e. The standard InChI is InChI=1S/C20H24ClN5/c1-14(2)26-20-16(11-24-26)9-15(10-23-20)13-25-8-7-22-12-19(25)17-5-3-4-6-18(17)21/h3-6,9-11,14,19,22H,7-8,12-13H2,1-2H3. The van der Waals surface area contributed by atoms with Crippen molar-refractivity contribution in [1.82, 2.24) is 25.0 Å². The van der Waals surface area contributed by atoms with Crippen molar-refractivity contribution in [1.29, 1.82) is 0 Å². The van der Waals surface area contributed by atoms with Gasteiger partial charge in [-0.25, -0.2) is 9.67 Å². The number of nitrogens with zero attached hydrogens (tertiary/aromatic N) is 4. The summed E-state index contributed by atoms with van der Waals surface area (Å²) in [5, 5.41) is 9.89. The highest BCUT2D eigenvalue weighted by molar-refractivity contribution is 6.31. The van der Waals surface area contributed by atoms with Crippen LogP contribution in [0, 0.1) is 0 Å². The molecule has 1 N–H and O–H groups in total. The molecule has 6 heteroatoms. The molecule has 1 aromatic carbocycles. The van der Waals surface area contributed by atoms with Crippen molar-refractivity contribution < 1.29 is 0 Å². The number of benzene rings is 1. The van der Waals surface area contributed by atoms with E-state index in [4.69, 9.17) is 11.6 Å². The number of piperazine rings is 1. The number of halogens is 1. The van der Waals surface area contributed by atoms with Crippen molar-refractivity contribution in [3.63, 3.8) is 0 Å². The SMILES string of the molecule is CC(C)n1ncc2cc(CN3CCNCC3c3ccccc3Cl)cnc21. The van der Waals surface area contributed by atoms with E-state index in [1.54, 1.807) is 0 Å². The van der Waals surface area contributed by atoms with Crippen LogP contribution in [0.4, 0.5) is 0 Å². The smallest absolute Gasteiger partial charge is 0.157 e. The fourth-order valence-corrected chi connectivity index (χ4v) is 3.93. The molecule has 26 heavy (non-hydrogen) atoms. The van der Waals surface area contributed by atoms with Crippen molar-refractivity contribution in [2.45, 2.75) is 32.5 Å². The molecular formula is C20H24ClN5. The molecule has 136 valence electrons. The van der Waals surface area contributed by atoms with Crippen LogP contribution < -0.4 is 5.32 Å². The summed E-state index contributed by atoms with van der Waals surface area (Å²) in [6, 6.07) is 10.9. The van der Waals surface area contributed by atoms with Gasteiger partial charge in [-0.05, 0) is 37.1 Å². The predicted octanol–water partition coefficient (Wildman–Crippen LogP) is 3.81. The lowest BCUT2D eigenvalue weighted by molar-refractivity contribution is 0.153. The highest BCUT2D eigenvalue weighted by atomic mass is 35.5. The normalized spacial score (nSPS) is 18.7. The highest BCUT2D eigenvalue weighted by Crippen LogP contribution is 2.30. The maximum absolute atomic E-state index is 6.46.